The zero-order valence-corrected chi connectivity index (χ0v) is 20.1. The van der Waals surface area contributed by atoms with Gasteiger partial charge in [0, 0.05) is 17.6 Å². The summed E-state index contributed by atoms with van der Waals surface area (Å²) in [7, 11) is 0. The maximum absolute atomic E-state index is 10.7. The number of rotatable bonds is 8. The van der Waals surface area contributed by atoms with Crippen LogP contribution in [-0.2, 0) is 11.2 Å². The first-order chi connectivity index (χ1) is 16.4. The highest BCUT2D eigenvalue weighted by atomic mass is 35.5. The van der Waals surface area contributed by atoms with Crippen LogP contribution in [-0.4, -0.2) is 82.1 Å². The molecule has 2 saturated heterocycles. The third-order valence-electron chi connectivity index (χ3n) is 6.86. The van der Waals surface area contributed by atoms with Gasteiger partial charge in [-0.25, -0.2) is 0 Å². The minimum atomic E-state index is -1.34. The minimum Gasteiger partial charge on any atom is -0.494 e. The molecule has 2 aromatic rings. The summed E-state index contributed by atoms with van der Waals surface area (Å²) in [5.74, 6) is 0.810. The predicted molar refractivity (Wildman–Crippen MR) is 129 cm³/mol. The summed E-state index contributed by atoms with van der Waals surface area (Å²) < 4.78 is 11.7. The topological polar surface area (TPSA) is 103 Å². The van der Waals surface area contributed by atoms with Gasteiger partial charge in [0.1, 0.15) is 30.2 Å². The van der Waals surface area contributed by atoms with Gasteiger partial charge in [-0.05, 0) is 67.6 Å². The number of benzene rings is 2. The van der Waals surface area contributed by atoms with E-state index in [-0.39, 0.29) is 12.6 Å². The Hall–Kier alpha value is -1.71. The minimum absolute atomic E-state index is 0.0227. The third-order valence-corrected chi connectivity index (χ3v) is 7.23. The van der Waals surface area contributed by atoms with E-state index in [9.17, 15) is 20.4 Å². The monoisotopic (exact) mass is 491 g/mol. The summed E-state index contributed by atoms with van der Waals surface area (Å²) in [6, 6.07) is 13.3. The fourth-order valence-electron chi connectivity index (χ4n) is 4.95. The molecule has 0 aliphatic carbocycles. The van der Waals surface area contributed by atoms with Crippen LogP contribution >= 0.6 is 11.6 Å². The maximum Gasteiger partial charge on any atom is 0.119 e. The Kier molecular flexibility index (Phi) is 8.47. The molecule has 4 rings (SSSR count). The van der Waals surface area contributed by atoms with Crippen molar-refractivity contribution in [3.8, 4) is 5.75 Å². The molecule has 2 aliphatic heterocycles. The molecule has 0 aromatic heterocycles. The molecule has 2 fully saturated rings. The quantitative estimate of drug-likeness (QED) is 0.449. The van der Waals surface area contributed by atoms with Crippen LogP contribution < -0.4 is 4.74 Å². The second kappa shape index (κ2) is 11.4. The lowest BCUT2D eigenvalue weighted by molar-refractivity contribution is -0.228. The number of hydrogen-bond acceptors (Lipinski definition) is 7. The van der Waals surface area contributed by atoms with E-state index in [1.165, 1.54) is 0 Å². The number of ether oxygens (including phenoxy) is 2. The summed E-state index contributed by atoms with van der Waals surface area (Å²) in [5, 5.41) is 42.1. The van der Waals surface area contributed by atoms with Gasteiger partial charge in [-0.2, -0.15) is 0 Å². The Morgan fingerprint density at radius 1 is 1.06 bits per heavy atom. The van der Waals surface area contributed by atoms with Gasteiger partial charge >= 0.3 is 0 Å². The van der Waals surface area contributed by atoms with Crippen LogP contribution in [0.1, 0.15) is 42.6 Å². The zero-order valence-electron chi connectivity index (χ0n) is 19.4. The summed E-state index contributed by atoms with van der Waals surface area (Å²) in [6.45, 7) is 3.77. The van der Waals surface area contributed by atoms with E-state index in [2.05, 4.69) is 4.90 Å². The molecule has 0 saturated carbocycles. The van der Waals surface area contributed by atoms with E-state index in [4.69, 9.17) is 21.1 Å². The first-order valence-electron chi connectivity index (χ1n) is 12.0. The Morgan fingerprint density at radius 2 is 1.82 bits per heavy atom. The summed E-state index contributed by atoms with van der Waals surface area (Å²) in [5.41, 5.74) is 2.62. The van der Waals surface area contributed by atoms with Crippen LogP contribution in [0, 0.1) is 0 Å². The van der Waals surface area contributed by atoms with Gasteiger partial charge < -0.3 is 29.9 Å². The average Bonchev–Trinajstić information content (AvgIpc) is 3.29. The number of aliphatic hydroxyl groups is 4. The highest BCUT2D eigenvalue weighted by Crippen LogP contribution is 2.35. The van der Waals surface area contributed by atoms with Gasteiger partial charge in [0.05, 0.1) is 19.3 Å². The lowest BCUT2D eigenvalue weighted by Crippen LogP contribution is -2.57. The Bertz CT molecular complexity index is 941. The second-order valence-electron chi connectivity index (χ2n) is 9.15. The van der Waals surface area contributed by atoms with E-state index >= 15 is 0 Å². The maximum atomic E-state index is 10.7. The van der Waals surface area contributed by atoms with Gasteiger partial charge in [-0.1, -0.05) is 35.9 Å². The van der Waals surface area contributed by atoms with Gasteiger partial charge in [0.2, 0.25) is 0 Å². The Balaban J connectivity index is 1.52. The van der Waals surface area contributed by atoms with Crippen molar-refractivity contribution in [3.05, 3.63) is 64.2 Å². The molecule has 7 nitrogen and oxygen atoms in total. The summed E-state index contributed by atoms with van der Waals surface area (Å²) >= 11 is 6.48. The highest BCUT2D eigenvalue weighted by molar-refractivity contribution is 6.31. The first kappa shape index (κ1) is 25.4. The van der Waals surface area contributed by atoms with Crippen LogP contribution in [0.5, 0.6) is 5.75 Å². The van der Waals surface area contributed by atoms with Crippen molar-refractivity contribution < 1.29 is 29.9 Å². The van der Waals surface area contributed by atoms with E-state index in [1.54, 1.807) is 12.1 Å². The molecule has 0 spiro atoms. The van der Waals surface area contributed by atoms with Crippen molar-refractivity contribution in [1.29, 1.82) is 0 Å². The molecule has 8 heteroatoms. The van der Waals surface area contributed by atoms with E-state index in [0.717, 1.165) is 36.3 Å². The fraction of sp³-hybridized carbons (Fsp3) is 0.538. The van der Waals surface area contributed by atoms with Crippen LogP contribution in [0.3, 0.4) is 0 Å². The van der Waals surface area contributed by atoms with Gasteiger partial charge in [-0.3, -0.25) is 4.90 Å². The normalized spacial score (nSPS) is 29.9. The standard InChI is InChI=1S/C26H34ClNO6/c1-2-33-20-8-5-16(6-9-20)12-18-13-17(7-10-21(18)27)26-25(32)24(31)23(30)22(34-26)14-28-11-3-4-19(28)15-29/h5-10,13,19,22-26,29-32H,2-4,11-12,14-15H2,1H3/t19-,22?,23+,24-,25+,26-/m0/s1. The zero-order chi connectivity index (χ0) is 24.2. The SMILES string of the molecule is CCOc1ccc(Cc2cc([C@@H]3OC(CN4CCC[C@H]4CO)[C@@H](O)[C@H](O)[C@H]3O)ccc2Cl)cc1. The van der Waals surface area contributed by atoms with Crippen molar-refractivity contribution in [1.82, 2.24) is 4.90 Å². The number of aliphatic hydroxyl groups excluding tert-OH is 4. The van der Waals surface area contributed by atoms with Crippen LogP contribution in [0.4, 0.5) is 0 Å². The second-order valence-corrected chi connectivity index (χ2v) is 9.55. The molecule has 6 atom stereocenters. The summed E-state index contributed by atoms with van der Waals surface area (Å²) in [4.78, 5) is 2.08. The molecule has 0 bridgehead atoms. The van der Waals surface area contributed by atoms with Gasteiger partial charge in [0.15, 0.2) is 0 Å². The van der Waals surface area contributed by atoms with Crippen molar-refractivity contribution in [2.75, 3.05) is 26.3 Å². The van der Waals surface area contributed by atoms with Crippen LogP contribution in [0.25, 0.3) is 0 Å². The van der Waals surface area contributed by atoms with E-state index in [1.807, 2.05) is 37.3 Å². The van der Waals surface area contributed by atoms with Gasteiger partial charge in [0.25, 0.3) is 0 Å². The molecule has 186 valence electrons. The molecular weight excluding hydrogens is 458 g/mol. The van der Waals surface area contributed by atoms with Crippen molar-refractivity contribution in [2.24, 2.45) is 0 Å². The lowest BCUT2D eigenvalue weighted by Gasteiger charge is -2.42. The smallest absolute Gasteiger partial charge is 0.119 e. The molecule has 2 aromatic carbocycles. The van der Waals surface area contributed by atoms with Crippen molar-refractivity contribution in [3.63, 3.8) is 0 Å². The number of nitrogens with zero attached hydrogens (tertiary/aromatic N) is 1. The van der Waals surface area contributed by atoms with Gasteiger partial charge in [-0.15, -0.1) is 0 Å². The first-order valence-corrected chi connectivity index (χ1v) is 12.3. The number of halogens is 1. The molecule has 2 aliphatic rings. The largest absolute Gasteiger partial charge is 0.494 e. The molecule has 34 heavy (non-hydrogen) atoms. The fourth-order valence-corrected chi connectivity index (χ4v) is 5.13. The van der Waals surface area contributed by atoms with E-state index in [0.29, 0.717) is 30.2 Å². The highest BCUT2D eigenvalue weighted by Gasteiger charge is 2.45. The lowest BCUT2D eigenvalue weighted by atomic mass is 9.89. The number of hydrogen-bond donors (Lipinski definition) is 4. The summed E-state index contributed by atoms with van der Waals surface area (Å²) in [6.07, 6.45) is -2.91. The Morgan fingerprint density at radius 3 is 2.53 bits per heavy atom. The molecular formula is C26H34ClNO6. The predicted octanol–water partition coefficient (Wildman–Crippen LogP) is 2.31. The third kappa shape index (κ3) is 5.57. The van der Waals surface area contributed by atoms with E-state index < -0.39 is 30.5 Å². The molecule has 2 heterocycles. The van der Waals surface area contributed by atoms with Crippen molar-refractivity contribution >= 4 is 11.6 Å². The molecule has 0 radical (unpaired) electrons. The van der Waals surface area contributed by atoms with Crippen molar-refractivity contribution in [2.45, 2.75) is 62.7 Å². The molecule has 1 unspecified atom stereocenters. The molecule has 0 amide bonds. The molecule has 4 N–H and O–H groups in total. The number of likely N-dealkylation sites (tertiary alicyclic amines) is 1. The Labute approximate surface area is 205 Å². The van der Waals surface area contributed by atoms with Crippen LogP contribution in [0.2, 0.25) is 5.02 Å². The average molecular weight is 492 g/mol. The van der Waals surface area contributed by atoms with Crippen LogP contribution in [0.15, 0.2) is 42.5 Å².